The van der Waals surface area contributed by atoms with E-state index in [0.29, 0.717) is 24.7 Å². The molecule has 3 saturated carbocycles. The number of aliphatic hydroxyl groups excluding tert-OH is 2. The van der Waals surface area contributed by atoms with E-state index in [1.54, 1.807) is 33.8 Å². The van der Waals surface area contributed by atoms with Gasteiger partial charge in [0.2, 0.25) is 0 Å². The van der Waals surface area contributed by atoms with Crippen molar-refractivity contribution in [3.8, 4) is 0 Å². The van der Waals surface area contributed by atoms with Crippen LogP contribution in [0.2, 0.25) is 0 Å². The van der Waals surface area contributed by atoms with Gasteiger partial charge in [-0.1, -0.05) is 50.1 Å². The summed E-state index contributed by atoms with van der Waals surface area (Å²) < 4.78 is 5.28. The van der Waals surface area contributed by atoms with Crippen LogP contribution >= 0.6 is 0 Å². The van der Waals surface area contributed by atoms with Gasteiger partial charge in [0.25, 0.3) is 0 Å². The average Bonchev–Trinajstić information content (AvgIpc) is 3.27. The van der Waals surface area contributed by atoms with Gasteiger partial charge in [-0.25, -0.2) is 0 Å². The number of fused-ring (bicyclic) bond motifs is 1. The molecular formula is C30H46O5. The monoisotopic (exact) mass is 486 g/mol. The van der Waals surface area contributed by atoms with Crippen molar-refractivity contribution in [2.75, 3.05) is 0 Å². The Kier molecular flexibility index (Phi) is 8.53. The van der Waals surface area contributed by atoms with Gasteiger partial charge in [0, 0.05) is 12.3 Å². The molecule has 35 heavy (non-hydrogen) atoms. The van der Waals surface area contributed by atoms with Crippen LogP contribution in [-0.2, 0) is 14.3 Å². The smallest absolute Gasteiger partial charge is 0.319 e. The Morgan fingerprint density at radius 2 is 1.77 bits per heavy atom. The summed E-state index contributed by atoms with van der Waals surface area (Å²) in [5.74, 6) is 0.658. The molecule has 5 heteroatoms. The van der Waals surface area contributed by atoms with Gasteiger partial charge in [0.15, 0.2) is 5.78 Å². The van der Waals surface area contributed by atoms with Crippen molar-refractivity contribution in [3.63, 3.8) is 0 Å². The van der Waals surface area contributed by atoms with Crippen LogP contribution in [0.1, 0.15) is 87.0 Å². The maximum Gasteiger partial charge on any atom is 0.319 e. The summed E-state index contributed by atoms with van der Waals surface area (Å²) in [4.78, 5) is 25.2. The van der Waals surface area contributed by atoms with Crippen molar-refractivity contribution in [3.05, 3.63) is 35.5 Å². The second-order valence-electron chi connectivity index (χ2n) is 12.3. The highest BCUT2D eigenvalue weighted by Crippen LogP contribution is 2.61. The van der Waals surface area contributed by atoms with E-state index in [1.165, 1.54) is 5.57 Å². The number of ether oxygens (including phenoxy) is 1. The number of aliphatic hydroxyl groups is 2. The van der Waals surface area contributed by atoms with E-state index in [2.05, 4.69) is 26.0 Å². The lowest BCUT2D eigenvalue weighted by Gasteiger charge is -2.35. The third kappa shape index (κ3) is 5.83. The molecule has 7 atom stereocenters. The maximum atomic E-state index is 12.8. The summed E-state index contributed by atoms with van der Waals surface area (Å²) >= 11 is 0. The second kappa shape index (κ2) is 10.7. The SMILES string of the molecule is CC(C)OC(=O)C(C)(C)C(=O)/C=C/[C@@H](C)[C@H]1CC[C@H]2/C(=C/C=C3C[C@@H](O)C[C@@H](O)[C@@H]3C)CC[C@]12C. The number of hydrogen-bond donors (Lipinski definition) is 2. The highest BCUT2D eigenvalue weighted by atomic mass is 16.5. The molecular weight excluding hydrogens is 440 g/mol. The molecule has 0 aromatic rings. The van der Waals surface area contributed by atoms with E-state index in [-0.39, 0.29) is 29.1 Å². The topological polar surface area (TPSA) is 83.8 Å². The van der Waals surface area contributed by atoms with Crippen molar-refractivity contribution in [1.29, 1.82) is 0 Å². The van der Waals surface area contributed by atoms with Crippen LogP contribution in [0.5, 0.6) is 0 Å². The Morgan fingerprint density at radius 3 is 2.43 bits per heavy atom. The third-order valence-corrected chi connectivity index (χ3v) is 9.12. The van der Waals surface area contributed by atoms with Crippen molar-refractivity contribution in [1.82, 2.24) is 0 Å². The van der Waals surface area contributed by atoms with Gasteiger partial charge in [0.1, 0.15) is 5.41 Å². The molecule has 0 bridgehead atoms. The molecule has 0 unspecified atom stereocenters. The molecule has 0 heterocycles. The first-order chi connectivity index (χ1) is 16.3. The van der Waals surface area contributed by atoms with Crippen LogP contribution < -0.4 is 0 Å². The molecule has 3 aliphatic carbocycles. The number of hydrogen-bond acceptors (Lipinski definition) is 5. The molecule has 0 aromatic carbocycles. The quantitative estimate of drug-likeness (QED) is 0.280. The van der Waals surface area contributed by atoms with Crippen molar-refractivity contribution >= 4 is 11.8 Å². The minimum Gasteiger partial charge on any atom is -0.462 e. The molecule has 196 valence electrons. The van der Waals surface area contributed by atoms with E-state index in [1.807, 2.05) is 13.0 Å². The Bertz CT molecular complexity index is 894. The molecule has 0 aliphatic heterocycles. The summed E-state index contributed by atoms with van der Waals surface area (Å²) in [6.07, 6.45) is 12.4. The summed E-state index contributed by atoms with van der Waals surface area (Å²) in [5.41, 5.74) is 1.63. The van der Waals surface area contributed by atoms with Gasteiger partial charge in [0.05, 0.1) is 18.3 Å². The number of carbonyl (C=O) groups is 2. The number of esters is 1. The molecule has 0 aromatic heterocycles. The summed E-state index contributed by atoms with van der Waals surface area (Å²) in [7, 11) is 0. The van der Waals surface area contributed by atoms with Crippen LogP contribution in [0.3, 0.4) is 0 Å². The molecule has 0 spiro atoms. The van der Waals surface area contributed by atoms with Crippen molar-refractivity contribution < 1.29 is 24.5 Å². The fourth-order valence-electron chi connectivity index (χ4n) is 6.63. The van der Waals surface area contributed by atoms with Crippen LogP contribution in [0, 0.1) is 34.5 Å². The molecule has 0 amide bonds. The average molecular weight is 487 g/mol. The molecule has 0 saturated heterocycles. The lowest BCUT2D eigenvalue weighted by atomic mass is 9.70. The van der Waals surface area contributed by atoms with Crippen LogP contribution in [-0.4, -0.2) is 40.3 Å². The number of rotatable bonds is 7. The summed E-state index contributed by atoms with van der Waals surface area (Å²) in [6.45, 7) is 13.5. The molecule has 2 N–H and O–H groups in total. The fourth-order valence-corrected chi connectivity index (χ4v) is 6.63. The number of carbonyl (C=O) groups excluding carboxylic acids is 2. The third-order valence-electron chi connectivity index (χ3n) is 9.12. The highest BCUT2D eigenvalue weighted by molar-refractivity contribution is 6.08. The predicted octanol–water partition coefficient (Wildman–Crippen LogP) is 5.56. The molecule has 5 nitrogen and oxygen atoms in total. The largest absolute Gasteiger partial charge is 0.462 e. The first kappa shape index (κ1) is 27.9. The zero-order chi connectivity index (χ0) is 26.1. The maximum absolute atomic E-state index is 12.8. The van der Waals surface area contributed by atoms with Gasteiger partial charge in [-0.3, -0.25) is 9.59 Å². The summed E-state index contributed by atoms with van der Waals surface area (Å²) in [5, 5.41) is 20.3. The normalized spacial score (nSPS) is 36.8. The van der Waals surface area contributed by atoms with Gasteiger partial charge >= 0.3 is 5.97 Å². The van der Waals surface area contributed by atoms with E-state index in [9.17, 15) is 19.8 Å². The lowest BCUT2D eigenvalue weighted by Crippen LogP contribution is -2.35. The number of allylic oxidation sites excluding steroid dienone is 5. The Morgan fingerprint density at radius 1 is 1.11 bits per heavy atom. The lowest BCUT2D eigenvalue weighted by molar-refractivity contribution is -0.160. The van der Waals surface area contributed by atoms with Crippen LogP contribution in [0.4, 0.5) is 0 Å². The van der Waals surface area contributed by atoms with Crippen molar-refractivity contribution in [2.45, 2.75) is 105 Å². The standard InChI is InChI=1S/C30H46O5/c1-18(2)35-28(34)29(5,6)27(33)13-8-19(3)24-11-12-25-21(14-15-30(24,25)7)9-10-22-16-23(31)17-26(32)20(22)4/h8-10,13,18-20,23-26,31-32H,11-12,14-17H2,1-7H3/b13-8+,21-9+,22-10?/t19-,20-,23-,24-,25+,26-,30-/m1/s1. The minimum absolute atomic E-state index is 0.0872. The van der Waals surface area contributed by atoms with Gasteiger partial charge < -0.3 is 14.9 Å². The van der Waals surface area contributed by atoms with Crippen molar-refractivity contribution in [2.24, 2.45) is 34.5 Å². The van der Waals surface area contributed by atoms with Crippen LogP contribution in [0.25, 0.3) is 0 Å². The van der Waals surface area contributed by atoms with E-state index in [4.69, 9.17) is 4.74 Å². The molecule has 3 fully saturated rings. The zero-order valence-electron chi connectivity index (χ0n) is 22.7. The number of ketones is 1. The minimum atomic E-state index is -1.18. The Hall–Kier alpha value is -1.72. The zero-order valence-corrected chi connectivity index (χ0v) is 22.7. The molecule has 0 radical (unpaired) electrons. The van der Waals surface area contributed by atoms with Crippen LogP contribution in [0.15, 0.2) is 35.5 Å². The van der Waals surface area contributed by atoms with Gasteiger partial charge in [-0.2, -0.15) is 0 Å². The first-order valence-electron chi connectivity index (χ1n) is 13.5. The first-order valence-corrected chi connectivity index (χ1v) is 13.5. The van der Waals surface area contributed by atoms with E-state index >= 15 is 0 Å². The second-order valence-corrected chi connectivity index (χ2v) is 12.3. The fraction of sp³-hybridized carbons (Fsp3) is 0.733. The molecule has 3 rings (SSSR count). The molecule has 3 aliphatic rings. The van der Waals surface area contributed by atoms with E-state index < -0.39 is 23.6 Å². The highest BCUT2D eigenvalue weighted by Gasteiger charge is 2.52. The van der Waals surface area contributed by atoms with E-state index in [0.717, 1.165) is 31.3 Å². The summed E-state index contributed by atoms with van der Waals surface area (Å²) in [6, 6.07) is 0. The van der Waals surface area contributed by atoms with Gasteiger partial charge in [-0.05, 0) is 89.0 Å². The predicted molar refractivity (Wildman–Crippen MR) is 138 cm³/mol. The Balaban J connectivity index is 1.69. The Labute approximate surface area is 211 Å². The van der Waals surface area contributed by atoms with Gasteiger partial charge in [-0.15, -0.1) is 0 Å².